The summed E-state index contributed by atoms with van der Waals surface area (Å²) in [5, 5.41) is 0. The van der Waals surface area contributed by atoms with E-state index in [1.54, 1.807) is 0 Å². The van der Waals surface area contributed by atoms with Crippen LogP contribution in [0.1, 0.15) is 74.9 Å². The maximum Gasteiger partial charge on any atom is 0.495 e. The molecule has 0 unspecified atom stereocenters. The minimum absolute atomic E-state index is 0.170. The molecule has 0 atom stereocenters. The monoisotopic (exact) mass is 712 g/mol. The highest BCUT2D eigenvalue weighted by Crippen LogP contribution is 2.62. The van der Waals surface area contributed by atoms with Crippen LogP contribution in [0.15, 0.2) is 164 Å². The van der Waals surface area contributed by atoms with Crippen molar-refractivity contribution in [3.05, 3.63) is 197 Å². The van der Waals surface area contributed by atoms with Crippen molar-refractivity contribution in [3.63, 3.8) is 0 Å². The van der Waals surface area contributed by atoms with Crippen LogP contribution in [0.25, 0.3) is 44.5 Å². The van der Waals surface area contributed by atoms with Gasteiger partial charge in [0.25, 0.3) is 0 Å². The van der Waals surface area contributed by atoms with E-state index in [-0.39, 0.29) is 5.41 Å². The molecule has 1 saturated heterocycles. The van der Waals surface area contributed by atoms with Crippen LogP contribution in [0.4, 0.5) is 0 Å². The molecule has 2 nitrogen and oxygen atoms in total. The van der Waals surface area contributed by atoms with E-state index < -0.39 is 23.7 Å². The first-order valence-corrected chi connectivity index (χ1v) is 19.6. The molecule has 7 aromatic rings. The predicted octanol–water partition coefficient (Wildman–Crippen LogP) is 12.0. The first-order valence-electron chi connectivity index (χ1n) is 19.6. The molecule has 0 bridgehead atoms. The Hall–Kier alpha value is -5.48. The molecule has 0 aromatic heterocycles. The molecule has 0 amide bonds. The fraction of sp³-hybridized carbons (Fsp3) is 0.192. The van der Waals surface area contributed by atoms with Crippen LogP contribution in [-0.4, -0.2) is 18.3 Å². The molecule has 0 saturated carbocycles. The van der Waals surface area contributed by atoms with Crippen LogP contribution in [0.5, 0.6) is 0 Å². The fourth-order valence-corrected chi connectivity index (χ4v) is 9.72. The summed E-state index contributed by atoms with van der Waals surface area (Å²) in [6.45, 7) is 13.3. The topological polar surface area (TPSA) is 18.5 Å². The van der Waals surface area contributed by atoms with E-state index in [4.69, 9.17) is 9.31 Å². The van der Waals surface area contributed by atoms with E-state index in [9.17, 15) is 0 Å². The van der Waals surface area contributed by atoms with Crippen molar-refractivity contribution in [3.8, 4) is 44.5 Å². The zero-order valence-electron chi connectivity index (χ0n) is 32.5. The normalized spacial score (nSPS) is 17.7. The Labute approximate surface area is 326 Å². The van der Waals surface area contributed by atoms with Crippen LogP contribution in [0, 0.1) is 0 Å². The lowest BCUT2D eigenvalue weighted by atomic mass is 9.55. The van der Waals surface area contributed by atoms with E-state index in [0.29, 0.717) is 0 Å². The van der Waals surface area contributed by atoms with Gasteiger partial charge < -0.3 is 9.31 Å². The highest BCUT2D eigenvalue weighted by atomic mass is 16.7. The largest absolute Gasteiger partial charge is 0.495 e. The lowest BCUT2D eigenvalue weighted by Gasteiger charge is -2.46. The quantitative estimate of drug-likeness (QED) is 0.169. The van der Waals surface area contributed by atoms with Crippen LogP contribution < -0.4 is 5.46 Å². The molecular weight excluding hydrogens is 667 g/mol. The first-order chi connectivity index (χ1) is 26.5. The second-order valence-corrected chi connectivity index (χ2v) is 17.1. The van der Waals surface area contributed by atoms with Crippen LogP contribution >= 0.6 is 0 Å². The third kappa shape index (κ3) is 4.89. The lowest BCUT2D eigenvalue weighted by Crippen LogP contribution is -2.41. The number of benzene rings is 7. The summed E-state index contributed by atoms with van der Waals surface area (Å²) in [6.07, 6.45) is 0. The first kappa shape index (κ1) is 34.0. The van der Waals surface area contributed by atoms with Gasteiger partial charge in [-0.3, -0.25) is 0 Å². The summed E-state index contributed by atoms with van der Waals surface area (Å²) < 4.78 is 13.7. The standard InChI is InChI=1S/C52H45BO2/c1-49(2)42-22-13-15-24-44(42)52(45-25-16-14-23-43(45)49)41-29-28-36(33-40(41)48-46(52)26-17-27-47(48)53-54-50(3,4)51(5,6)55-53)39-31-37(34-18-9-7-10-19-34)30-38(32-39)35-20-11-8-12-21-35/h7-33H,1-6H3. The molecule has 3 heteroatoms. The Bertz CT molecular complexity index is 2510. The van der Waals surface area contributed by atoms with Gasteiger partial charge in [-0.2, -0.15) is 0 Å². The molecule has 2 aliphatic carbocycles. The number of rotatable bonds is 4. The van der Waals surface area contributed by atoms with Crippen LogP contribution in [0.3, 0.4) is 0 Å². The molecule has 1 heterocycles. The predicted molar refractivity (Wildman–Crippen MR) is 228 cm³/mol. The molecule has 1 aliphatic heterocycles. The maximum absolute atomic E-state index is 6.86. The zero-order chi connectivity index (χ0) is 37.7. The Morgan fingerprint density at radius 3 is 1.35 bits per heavy atom. The van der Waals surface area contributed by atoms with Gasteiger partial charge in [-0.15, -0.1) is 0 Å². The average Bonchev–Trinajstić information content (AvgIpc) is 3.63. The maximum atomic E-state index is 6.86. The summed E-state index contributed by atoms with van der Waals surface area (Å²) in [4.78, 5) is 0. The van der Waals surface area contributed by atoms with Gasteiger partial charge in [-0.25, -0.2) is 0 Å². The summed E-state index contributed by atoms with van der Waals surface area (Å²) in [6, 6.07) is 60.8. The molecule has 3 aliphatic rings. The van der Waals surface area contributed by atoms with Crippen molar-refractivity contribution in [1.82, 2.24) is 0 Å². The van der Waals surface area contributed by atoms with Crippen molar-refractivity contribution < 1.29 is 9.31 Å². The van der Waals surface area contributed by atoms with Crippen molar-refractivity contribution >= 4 is 12.6 Å². The van der Waals surface area contributed by atoms with E-state index >= 15 is 0 Å². The molecular formula is C52H45BO2. The van der Waals surface area contributed by atoms with Gasteiger partial charge in [-0.05, 0) is 135 Å². The fourth-order valence-electron chi connectivity index (χ4n) is 9.72. The van der Waals surface area contributed by atoms with Crippen LogP contribution in [0.2, 0.25) is 0 Å². The summed E-state index contributed by atoms with van der Waals surface area (Å²) >= 11 is 0. The van der Waals surface area contributed by atoms with Crippen LogP contribution in [-0.2, 0) is 20.1 Å². The van der Waals surface area contributed by atoms with Gasteiger partial charge in [-0.1, -0.05) is 153 Å². The van der Waals surface area contributed by atoms with Gasteiger partial charge in [0.1, 0.15) is 0 Å². The van der Waals surface area contributed by atoms with Crippen molar-refractivity contribution in [2.45, 2.75) is 63.6 Å². The smallest absolute Gasteiger partial charge is 0.399 e. The highest BCUT2D eigenvalue weighted by molar-refractivity contribution is 6.64. The van der Waals surface area contributed by atoms with Gasteiger partial charge >= 0.3 is 7.12 Å². The van der Waals surface area contributed by atoms with E-state index in [1.165, 1.54) is 77.9 Å². The third-order valence-electron chi connectivity index (χ3n) is 13.2. The Morgan fingerprint density at radius 2 is 0.818 bits per heavy atom. The van der Waals surface area contributed by atoms with E-state index in [2.05, 4.69) is 205 Å². The second-order valence-electron chi connectivity index (χ2n) is 17.1. The number of hydrogen-bond donors (Lipinski definition) is 0. The number of hydrogen-bond acceptors (Lipinski definition) is 2. The molecule has 1 fully saturated rings. The minimum atomic E-state index is -0.521. The van der Waals surface area contributed by atoms with Gasteiger partial charge in [0.15, 0.2) is 0 Å². The summed E-state index contributed by atoms with van der Waals surface area (Å²) in [5.74, 6) is 0. The minimum Gasteiger partial charge on any atom is -0.399 e. The molecule has 7 aromatic carbocycles. The number of fused-ring (bicyclic) bond motifs is 9. The molecule has 55 heavy (non-hydrogen) atoms. The van der Waals surface area contributed by atoms with Crippen molar-refractivity contribution in [1.29, 1.82) is 0 Å². The Balaban J connectivity index is 1.27. The SMILES string of the molecule is CC1(C)c2ccccc2C2(c3ccc(-c4cc(-c5ccccc5)cc(-c5ccccc5)c4)cc3-c3c(B4OC(C)(C)C(C)(C)O4)cccc32)c2ccccc21. The van der Waals surface area contributed by atoms with Crippen molar-refractivity contribution in [2.24, 2.45) is 0 Å². The van der Waals surface area contributed by atoms with Gasteiger partial charge in [0.05, 0.1) is 16.6 Å². The Kier molecular flexibility index (Phi) is 7.44. The second kappa shape index (κ2) is 12.0. The zero-order valence-corrected chi connectivity index (χ0v) is 32.5. The van der Waals surface area contributed by atoms with Crippen molar-refractivity contribution in [2.75, 3.05) is 0 Å². The van der Waals surface area contributed by atoms with E-state index in [0.717, 1.165) is 5.46 Å². The third-order valence-corrected chi connectivity index (χ3v) is 13.2. The molecule has 0 radical (unpaired) electrons. The molecule has 10 rings (SSSR count). The Morgan fingerprint density at radius 1 is 0.364 bits per heavy atom. The van der Waals surface area contributed by atoms with E-state index in [1.807, 2.05) is 0 Å². The summed E-state index contributed by atoms with van der Waals surface area (Å²) in [7, 11) is -0.511. The highest BCUT2D eigenvalue weighted by Gasteiger charge is 2.57. The van der Waals surface area contributed by atoms with Gasteiger partial charge in [0.2, 0.25) is 0 Å². The summed E-state index contributed by atoms with van der Waals surface area (Å²) in [5.41, 5.74) is 17.0. The molecule has 1 spiro atoms. The molecule has 0 N–H and O–H groups in total. The lowest BCUT2D eigenvalue weighted by molar-refractivity contribution is 0.00578. The average molecular weight is 713 g/mol. The van der Waals surface area contributed by atoms with Gasteiger partial charge in [0, 0.05) is 5.41 Å². The molecule has 268 valence electrons.